The number of carboxylic acid groups (broad SMARTS) is 1. The lowest BCUT2D eigenvalue weighted by Crippen LogP contribution is -2.32. The van der Waals surface area contributed by atoms with E-state index in [0.717, 1.165) is 17.5 Å². The highest BCUT2D eigenvalue weighted by atomic mass is 32.1. The van der Waals surface area contributed by atoms with Crippen LogP contribution in [-0.4, -0.2) is 22.1 Å². The molecule has 0 radical (unpaired) electrons. The van der Waals surface area contributed by atoms with Crippen LogP contribution in [0.5, 0.6) is 0 Å². The number of hydrogen-bond donors (Lipinski definition) is 2. The third kappa shape index (κ3) is 2.83. The van der Waals surface area contributed by atoms with Crippen molar-refractivity contribution in [2.45, 2.75) is 46.1 Å². The molecule has 1 aromatic heterocycles. The summed E-state index contributed by atoms with van der Waals surface area (Å²) >= 11 is 1.24. The molecular formula is C13H20N2O2S. The lowest BCUT2D eigenvalue weighted by Gasteiger charge is -2.33. The normalized spacial score (nSPS) is 28.1. The monoisotopic (exact) mass is 268 g/mol. The van der Waals surface area contributed by atoms with Gasteiger partial charge in [-0.05, 0) is 38.0 Å². The Morgan fingerprint density at radius 3 is 2.72 bits per heavy atom. The van der Waals surface area contributed by atoms with Crippen LogP contribution in [0.2, 0.25) is 0 Å². The van der Waals surface area contributed by atoms with E-state index in [-0.39, 0.29) is 0 Å². The second-order valence-corrected chi connectivity index (χ2v) is 6.38. The first-order valence-electron chi connectivity index (χ1n) is 6.44. The Hall–Kier alpha value is -1.10. The second kappa shape index (κ2) is 5.26. The number of aromatic carboxylic acids is 1. The smallest absolute Gasteiger partial charge is 0.347 e. The van der Waals surface area contributed by atoms with Crippen molar-refractivity contribution in [3.05, 3.63) is 10.6 Å². The van der Waals surface area contributed by atoms with Gasteiger partial charge in [0.15, 0.2) is 5.13 Å². The van der Waals surface area contributed by atoms with Crippen molar-refractivity contribution < 1.29 is 9.90 Å². The van der Waals surface area contributed by atoms with Gasteiger partial charge in [-0.15, -0.1) is 0 Å². The topological polar surface area (TPSA) is 62.2 Å². The first kappa shape index (κ1) is 13.3. The van der Waals surface area contributed by atoms with Gasteiger partial charge in [0.2, 0.25) is 0 Å². The number of thiazole rings is 1. The van der Waals surface area contributed by atoms with E-state index in [1.54, 1.807) is 6.92 Å². The standard InChI is InChI=1S/C13H20N2O2S/c1-7-4-5-10(8(2)6-7)15-13-14-9(3)11(18-13)12(16)17/h7-8,10H,4-6H2,1-3H3,(H,14,15)(H,16,17). The first-order valence-corrected chi connectivity index (χ1v) is 7.26. The average molecular weight is 268 g/mol. The molecule has 1 aliphatic carbocycles. The summed E-state index contributed by atoms with van der Waals surface area (Å²) in [6, 6.07) is 0.424. The van der Waals surface area contributed by atoms with Crippen molar-refractivity contribution in [2.75, 3.05) is 5.32 Å². The number of nitrogens with one attached hydrogen (secondary N) is 1. The summed E-state index contributed by atoms with van der Waals surface area (Å²) in [5.74, 6) is 0.528. The van der Waals surface area contributed by atoms with Gasteiger partial charge in [-0.25, -0.2) is 9.78 Å². The Morgan fingerprint density at radius 2 is 2.17 bits per heavy atom. The van der Waals surface area contributed by atoms with E-state index in [0.29, 0.717) is 22.5 Å². The predicted octanol–water partition coefficient (Wildman–Crippen LogP) is 3.39. The molecule has 3 unspecified atom stereocenters. The number of nitrogens with zero attached hydrogens (tertiary/aromatic N) is 1. The van der Waals surface area contributed by atoms with E-state index in [2.05, 4.69) is 24.1 Å². The lowest BCUT2D eigenvalue weighted by molar-refractivity contribution is 0.0701. The molecule has 4 nitrogen and oxygen atoms in total. The second-order valence-electron chi connectivity index (χ2n) is 5.39. The van der Waals surface area contributed by atoms with E-state index in [1.165, 1.54) is 24.2 Å². The number of aromatic nitrogens is 1. The summed E-state index contributed by atoms with van der Waals surface area (Å²) in [4.78, 5) is 15.6. The van der Waals surface area contributed by atoms with Gasteiger partial charge in [0.05, 0.1) is 5.69 Å². The summed E-state index contributed by atoms with van der Waals surface area (Å²) in [5.41, 5.74) is 0.604. The van der Waals surface area contributed by atoms with Gasteiger partial charge in [0, 0.05) is 6.04 Å². The molecule has 0 saturated heterocycles. The van der Waals surface area contributed by atoms with Crippen molar-refractivity contribution in [3.8, 4) is 0 Å². The van der Waals surface area contributed by atoms with Gasteiger partial charge in [0.1, 0.15) is 4.88 Å². The summed E-state index contributed by atoms with van der Waals surface area (Å²) in [7, 11) is 0. The fourth-order valence-corrected chi connectivity index (χ4v) is 3.56. The van der Waals surface area contributed by atoms with Gasteiger partial charge < -0.3 is 10.4 Å². The molecule has 2 rings (SSSR count). The van der Waals surface area contributed by atoms with Crippen LogP contribution in [0, 0.1) is 18.8 Å². The zero-order chi connectivity index (χ0) is 13.3. The summed E-state index contributed by atoms with van der Waals surface area (Å²) < 4.78 is 0. The Labute approximate surface area is 111 Å². The van der Waals surface area contributed by atoms with Crippen LogP contribution in [0.25, 0.3) is 0 Å². The molecular weight excluding hydrogens is 248 g/mol. The highest BCUT2D eigenvalue weighted by Gasteiger charge is 2.26. The Bertz CT molecular complexity index is 444. The number of anilines is 1. The lowest BCUT2D eigenvalue weighted by atomic mass is 9.80. The zero-order valence-corrected chi connectivity index (χ0v) is 11.9. The fourth-order valence-electron chi connectivity index (χ4n) is 2.70. The van der Waals surface area contributed by atoms with E-state index in [1.807, 2.05) is 0 Å². The van der Waals surface area contributed by atoms with Crippen molar-refractivity contribution >= 4 is 22.4 Å². The molecule has 0 amide bonds. The molecule has 0 spiro atoms. The van der Waals surface area contributed by atoms with Crippen molar-refractivity contribution in [3.63, 3.8) is 0 Å². The van der Waals surface area contributed by atoms with Crippen molar-refractivity contribution in [1.29, 1.82) is 0 Å². The molecule has 3 atom stereocenters. The van der Waals surface area contributed by atoms with Crippen molar-refractivity contribution in [1.82, 2.24) is 4.98 Å². The van der Waals surface area contributed by atoms with Crippen LogP contribution >= 0.6 is 11.3 Å². The molecule has 18 heavy (non-hydrogen) atoms. The van der Waals surface area contributed by atoms with Crippen LogP contribution in [0.1, 0.15) is 48.5 Å². The van der Waals surface area contributed by atoms with Crippen LogP contribution in [0.15, 0.2) is 0 Å². The van der Waals surface area contributed by atoms with E-state index in [9.17, 15) is 4.79 Å². The molecule has 1 aliphatic rings. The van der Waals surface area contributed by atoms with E-state index < -0.39 is 5.97 Å². The van der Waals surface area contributed by atoms with E-state index >= 15 is 0 Å². The van der Waals surface area contributed by atoms with Gasteiger partial charge in [0.25, 0.3) is 0 Å². The Morgan fingerprint density at radius 1 is 1.44 bits per heavy atom. The number of aryl methyl sites for hydroxylation is 1. The maximum atomic E-state index is 11.0. The molecule has 1 heterocycles. The molecule has 0 aliphatic heterocycles. The Kier molecular flexibility index (Phi) is 3.90. The van der Waals surface area contributed by atoms with E-state index in [4.69, 9.17) is 5.11 Å². The predicted molar refractivity (Wildman–Crippen MR) is 73.4 cm³/mol. The fraction of sp³-hybridized carbons (Fsp3) is 0.692. The molecule has 5 heteroatoms. The van der Waals surface area contributed by atoms with Crippen LogP contribution < -0.4 is 5.32 Å². The molecule has 0 aromatic carbocycles. The third-order valence-corrected chi connectivity index (χ3v) is 4.81. The number of hydrogen-bond acceptors (Lipinski definition) is 4. The largest absolute Gasteiger partial charge is 0.477 e. The first-order chi connectivity index (χ1) is 8.47. The zero-order valence-electron chi connectivity index (χ0n) is 11.1. The molecule has 0 bridgehead atoms. The number of carboxylic acids is 1. The molecule has 1 aromatic rings. The molecule has 1 fully saturated rings. The average Bonchev–Trinajstić information content (AvgIpc) is 2.64. The van der Waals surface area contributed by atoms with Crippen LogP contribution in [0.4, 0.5) is 5.13 Å². The number of rotatable bonds is 3. The highest BCUT2D eigenvalue weighted by molar-refractivity contribution is 7.17. The highest BCUT2D eigenvalue weighted by Crippen LogP contribution is 2.32. The minimum absolute atomic E-state index is 0.342. The summed E-state index contributed by atoms with van der Waals surface area (Å²) in [6.07, 6.45) is 3.61. The third-order valence-electron chi connectivity index (χ3n) is 3.73. The maximum Gasteiger partial charge on any atom is 0.347 e. The molecule has 2 N–H and O–H groups in total. The van der Waals surface area contributed by atoms with Gasteiger partial charge in [-0.3, -0.25) is 0 Å². The maximum absolute atomic E-state index is 11.0. The number of carbonyl (C=O) groups is 1. The molecule has 100 valence electrons. The van der Waals surface area contributed by atoms with Crippen molar-refractivity contribution in [2.24, 2.45) is 11.8 Å². The van der Waals surface area contributed by atoms with Gasteiger partial charge in [-0.2, -0.15) is 0 Å². The van der Waals surface area contributed by atoms with Gasteiger partial charge in [-0.1, -0.05) is 25.2 Å². The summed E-state index contributed by atoms with van der Waals surface area (Å²) in [6.45, 7) is 6.30. The van der Waals surface area contributed by atoms with Crippen LogP contribution in [-0.2, 0) is 0 Å². The van der Waals surface area contributed by atoms with Gasteiger partial charge >= 0.3 is 5.97 Å². The van der Waals surface area contributed by atoms with Crippen LogP contribution in [0.3, 0.4) is 0 Å². The quantitative estimate of drug-likeness (QED) is 0.882. The SMILES string of the molecule is Cc1nc(NC2CCC(C)CC2C)sc1C(=O)O. The minimum atomic E-state index is -0.886. The molecule has 1 saturated carbocycles. The summed E-state index contributed by atoms with van der Waals surface area (Å²) in [5, 5.41) is 13.2. The minimum Gasteiger partial charge on any atom is -0.477 e. The Balaban J connectivity index is 2.05.